The molecule has 18 heavy (non-hydrogen) atoms. The highest BCUT2D eigenvalue weighted by Crippen LogP contribution is 2.26. The van der Waals surface area contributed by atoms with E-state index < -0.39 is 0 Å². The molecule has 0 aliphatic rings. The maximum absolute atomic E-state index is 13.7. The van der Waals surface area contributed by atoms with E-state index in [1.807, 2.05) is 24.3 Å². The van der Waals surface area contributed by atoms with Crippen molar-refractivity contribution in [2.24, 2.45) is 0 Å². The number of nitrogens with two attached hydrogens (primary N) is 1. The summed E-state index contributed by atoms with van der Waals surface area (Å²) in [7, 11) is 0. The molecule has 0 atom stereocenters. The van der Waals surface area contributed by atoms with Gasteiger partial charge in [-0.05, 0) is 42.3 Å². The summed E-state index contributed by atoms with van der Waals surface area (Å²) in [5, 5.41) is 0. The maximum atomic E-state index is 13.7. The van der Waals surface area contributed by atoms with Gasteiger partial charge in [-0.3, -0.25) is 0 Å². The molecule has 2 aromatic rings. The first kappa shape index (κ1) is 12.4. The van der Waals surface area contributed by atoms with Crippen LogP contribution in [-0.2, 0) is 0 Å². The summed E-state index contributed by atoms with van der Waals surface area (Å²) in [5.41, 5.74) is 7.53. The van der Waals surface area contributed by atoms with Crippen LogP contribution in [0.15, 0.2) is 42.5 Å². The van der Waals surface area contributed by atoms with Crippen molar-refractivity contribution in [3.8, 4) is 16.9 Å². The highest BCUT2D eigenvalue weighted by atomic mass is 19.1. The third-order valence-corrected chi connectivity index (χ3v) is 2.63. The quantitative estimate of drug-likeness (QED) is 0.830. The Bertz CT molecular complexity index is 523. The average Bonchev–Trinajstić information content (AvgIpc) is 2.40. The fourth-order valence-electron chi connectivity index (χ4n) is 1.71. The van der Waals surface area contributed by atoms with Crippen LogP contribution in [0, 0.1) is 5.82 Å². The van der Waals surface area contributed by atoms with Crippen molar-refractivity contribution in [1.82, 2.24) is 0 Å². The van der Waals surface area contributed by atoms with Gasteiger partial charge in [-0.1, -0.05) is 19.1 Å². The third kappa shape index (κ3) is 2.80. The number of hydrogen-bond donors (Lipinski definition) is 1. The van der Waals surface area contributed by atoms with Gasteiger partial charge >= 0.3 is 0 Å². The number of anilines is 1. The van der Waals surface area contributed by atoms with Crippen LogP contribution in [0.25, 0.3) is 11.1 Å². The number of benzene rings is 2. The van der Waals surface area contributed by atoms with Gasteiger partial charge < -0.3 is 10.5 Å². The molecule has 0 fully saturated rings. The van der Waals surface area contributed by atoms with Gasteiger partial charge in [-0.25, -0.2) is 4.39 Å². The Morgan fingerprint density at radius 3 is 2.50 bits per heavy atom. The van der Waals surface area contributed by atoms with Gasteiger partial charge in [-0.2, -0.15) is 0 Å². The summed E-state index contributed by atoms with van der Waals surface area (Å²) in [6.07, 6.45) is 0.964. The minimum atomic E-state index is -0.272. The zero-order chi connectivity index (χ0) is 13.0. The number of ether oxygens (including phenoxy) is 1. The van der Waals surface area contributed by atoms with E-state index in [2.05, 4.69) is 6.92 Å². The molecule has 0 aliphatic heterocycles. The SMILES string of the molecule is CCCOc1ccc(-c2cc(N)ccc2F)cc1. The lowest BCUT2D eigenvalue weighted by atomic mass is 10.0. The van der Waals surface area contributed by atoms with Gasteiger partial charge in [0.25, 0.3) is 0 Å². The summed E-state index contributed by atoms with van der Waals surface area (Å²) >= 11 is 0. The lowest BCUT2D eigenvalue weighted by Crippen LogP contribution is -1.94. The fraction of sp³-hybridized carbons (Fsp3) is 0.200. The predicted molar refractivity (Wildman–Crippen MR) is 72.0 cm³/mol. The Kier molecular flexibility index (Phi) is 3.82. The maximum Gasteiger partial charge on any atom is 0.131 e. The normalized spacial score (nSPS) is 10.3. The zero-order valence-corrected chi connectivity index (χ0v) is 10.3. The molecule has 0 spiro atoms. The van der Waals surface area contributed by atoms with Gasteiger partial charge in [-0.15, -0.1) is 0 Å². The van der Waals surface area contributed by atoms with E-state index in [4.69, 9.17) is 10.5 Å². The van der Waals surface area contributed by atoms with E-state index in [1.165, 1.54) is 6.07 Å². The number of hydrogen-bond acceptors (Lipinski definition) is 2. The second-order valence-corrected chi connectivity index (χ2v) is 4.11. The molecule has 2 rings (SSSR count). The molecule has 2 nitrogen and oxygen atoms in total. The molecular formula is C15H16FNO. The van der Waals surface area contributed by atoms with Crippen molar-refractivity contribution >= 4 is 5.69 Å². The van der Waals surface area contributed by atoms with E-state index >= 15 is 0 Å². The van der Waals surface area contributed by atoms with E-state index in [9.17, 15) is 4.39 Å². The van der Waals surface area contributed by atoms with Crippen LogP contribution in [0.3, 0.4) is 0 Å². The molecule has 0 bridgehead atoms. The first-order valence-electron chi connectivity index (χ1n) is 5.99. The first-order valence-corrected chi connectivity index (χ1v) is 5.99. The first-order chi connectivity index (χ1) is 8.70. The second kappa shape index (κ2) is 5.54. The topological polar surface area (TPSA) is 35.2 Å². The second-order valence-electron chi connectivity index (χ2n) is 4.11. The molecule has 0 unspecified atom stereocenters. The van der Waals surface area contributed by atoms with E-state index in [-0.39, 0.29) is 5.82 Å². The van der Waals surface area contributed by atoms with Crippen molar-refractivity contribution in [3.05, 3.63) is 48.3 Å². The Morgan fingerprint density at radius 2 is 1.83 bits per heavy atom. The molecule has 0 saturated carbocycles. The highest BCUT2D eigenvalue weighted by Gasteiger charge is 2.05. The van der Waals surface area contributed by atoms with Crippen LogP contribution in [0.1, 0.15) is 13.3 Å². The van der Waals surface area contributed by atoms with E-state index in [0.717, 1.165) is 17.7 Å². The van der Waals surface area contributed by atoms with Crippen molar-refractivity contribution in [2.75, 3.05) is 12.3 Å². The van der Waals surface area contributed by atoms with Crippen LogP contribution >= 0.6 is 0 Å². The smallest absolute Gasteiger partial charge is 0.131 e. The molecule has 3 heteroatoms. The zero-order valence-electron chi connectivity index (χ0n) is 10.3. The summed E-state index contributed by atoms with van der Waals surface area (Å²) in [6.45, 7) is 2.74. The monoisotopic (exact) mass is 245 g/mol. The van der Waals surface area contributed by atoms with Gasteiger partial charge in [0.1, 0.15) is 11.6 Å². The fourth-order valence-corrected chi connectivity index (χ4v) is 1.71. The number of halogens is 1. The molecule has 94 valence electrons. The predicted octanol–water partition coefficient (Wildman–Crippen LogP) is 3.86. The molecule has 0 heterocycles. The average molecular weight is 245 g/mol. The van der Waals surface area contributed by atoms with Crippen LogP contribution in [0.5, 0.6) is 5.75 Å². The van der Waals surface area contributed by atoms with Crippen molar-refractivity contribution in [2.45, 2.75) is 13.3 Å². The third-order valence-electron chi connectivity index (χ3n) is 2.63. The minimum Gasteiger partial charge on any atom is -0.494 e. The molecule has 2 N–H and O–H groups in total. The molecule has 0 saturated heterocycles. The summed E-state index contributed by atoms with van der Waals surface area (Å²) in [6, 6.07) is 11.9. The molecule has 0 aromatic heterocycles. The summed E-state index contributed by atoms with van der Waals surface area (Å²) in [4.78, 5) is 0. The van der Waals surface area contributed by atoms with Gasteiger partial charge in [0.15, 0.2) is 0 Å². The van der Waals surface area contributed by atoms with Crippen LogP contribution in [-0.4, -0.2) is 6.61 Å². The minimum absolute atomic E-state index is 0.272. The lowest BCUT2D eigenvalue weighted by Gasteiger charge is -2.07. The molecular weight excluding hydrogens is 229 g/mol. The Morgan fingerprint density at radius 1 is 1.11 bits per heavy atom. The van der Waals surface area contributed by atoms with Crippen LogP contribution < -0.4 is 10.5 Å². The molecule has 2 aromatic carbocycles. The van der Waals surface area contributed by atoms with E-state index in [1.54, 1.807) is 12.1 Å². The molecule has 0 radical (unpaired) electrons. The van der Waals surface area contributed by atoms with Crippen LogP contribution in [0.2, 0.25) is 0 Å². The molecule has 0 aliphatic carbocycles. The standard InChI is InChI=1S/C15H16FNO/c1-2-9-18-13-6-3-11(4-7-13)14-10-12(17)5-8-15(14)16/h3-8,10H,2,9,17H2,1H3. The largest absolute Gasteiger partial charge is 0.494 e. The highest BCUT2D eigenvalue weighted by molar-refractivity contribution is 5.68. The Labute approximate surface area is 106 Å². The van der Waals surface area contributed by atoms with Crippen molar-refractivity contribution < 1.29 is 9.13 Å². The summed E-state index contributed by atoms with van der Waals surface area (Å²) < 4.78 is 19.2. The van der Waals surface area contributed by atoms with Gasteiger partial charge in [0.2, 0.25) is 0 Å². The van der Waals surface area contributed by atoms with Gasteiger partial charge in [0, 0.05) is 11.3 Å². The Hall–Kier alpha value is -2.03. The Balaban J connectivity index is 2.25. The number of nitrogen functional groups attached to an aromatic ring is 1. The lowest BCUT2D eigenvalue weighted by molar-refractivity contribution is 0.317. The molecule has 0 amide bonds. The van der Waals surface area contributed by atoms with Gasteiger partial charge in [0.05, 0.1) is 6.61 Å². The number of rotatable bonds is 4. The summed E-state index contributed by atoms with van der Waals surface area (Å²) in [5.74, 6) is 0.524. The van der Waals surface area contributed by atoms with Crippen molar-refractivity contribution in [3.63, 3.8) is 0 Å². The van der Waals surface area contributed by atoms with Crippen molar-refractivity contribution in [1.29, 1.82) is 0 Å². The van der Waals surface area contributed by atoms with E-state index in [0.29, 0.717) is 17.9 Å². The van der Waals surface area contributed by atoms with Crippen LogP contribution in [0.4, 0.5) is 10.1 Å².